The van der Waals surface area contributed by atoms with E-state index in [-0.39, 0.29) is 11.5 Å². The van der Waals surface area contributed by atoms with Crippen LogP contribution in [0, 0.1) is 0 Å². The maximum absolute atomic E-state index is 6.00. The largest absolute Gasteiger partial charge is 0.491 e. The Kier molecular flexibility index (Phi) is 5.14. The van der Waals surface area contributed by atoms with E-state index in [4.69, 9.17) is 16.3 Å². The Balaban J connectivity index is 2.63. The minimum absolute atomic E-state index is 0.224. The van der Waals surface area contributed by atoms with Gasteiger partial charge in [0.05, 0.1) is 6.10 Å². The van der Waals surface area contributed by atoms with Gasteiger partial charge in [0.15, 0.2) is 0 Å². The fourth-order valence-corrected chi connectivity index (χ4v) is 2.04. The average molecular weight is 241 g/mol. The highest BCUT2D eigenvalue weighted by atomic mass is 35.5. The number of benzene rings is 1. The van der Waals surface area contributed by atoms with Gasteiger partial charge in [-0.05, 0) is 50.8 Å². The minimum atomic E-state index is 0.224. The van der Waals surface area contributed by atoms with Crippen LogP contribution in [0.1, 0.15) is 45.6 Å². The van der Waals surface area contributed by atoms with Crippen LogP contribution in [0.3, 0.4) is 0 Å². The zero-order valence-electron chi connectivity index (χ0n) is 10.5. The summed E-state index contributed by atoms with van der Waals surface area (Å²) in [6.07, 6.45) is 1.23. The van der Waals surface area contributed by atoms with E-state index in [0.29, 0.717) is 5.92 Å². The van der Waals surface area contributed by atoms with E-state index in [1.807, 2.05) is 32.9 Å². The van der Waals surface area contributed by atoms with E-state index in [0.717, 1.165) is 12.2 Å². The smallest absolute Gasteiger partial charge is 0.119 e. The van der Waals surface area contributed by atoms with Crippen LogP contribution >= 0.6 is 11.6 Å². The summed E-state index contributed by atoms with van der Waals surface area (Å²) in [5.41, 5.74) is 1.32. The molecule has 2 atom stereocenters. The third kappa shape index (κ3) is 4.44. The van der Waals surface area contributed by atoms with Crippen molar-refractivity contribution in [1.29, 1.82) is 0 Å². The molecule has 0 aromatic heterocycles. The molecule has 1 aromatic rings. The first-order chi connectivity index (χ1) is 7.49. The van der Waals surface area contributed by atoms with Gasteiger partial charge in [-0.1, -0.05) is 19.1 Å². The highest BCUT2D eigenvalue weighted by Crippen LogP contribution is 2.24. The van der Waals surface area contributed by atoms with Crippen LogP contribution in [0.25, 0.3) is 0 Å². The van der Waals surface area contributed by atoms with Gasteiger partial charge in [0.1, 0.15) is 5.75 Å². The highest BCUT2D eigenvalue weighted by molar-refractivity contribution is 6.20. The highest BCUT2D eigenvalue weighted by Gasteiger charge is 2.09. The molecule has 0 spiro atoms. The van der Waals surface area contributed by atoms with Gasteiger partial charge in [0.2, 0.25) is 0 Å². The molecule has 0 fully saturated rings. The minimum Gasteiger partial charge on any atom is -0.491 e. The molecule has 0 aliphatic carbocycles. The molecule has 0 bridgehead atoms. The number of rotatable bonds is 5. The normalized spacial score (nSPS) is 14.9. The SMILES string of the molecule is CC(Cl)CC(C)c1ccc(OC(C)C)cc1. The van der Waals surface area contributed by atoms with E-state index in [1.165, 1.54) is 5.56 Å². The molecule has 0 saturated heterocycles. The van der Waals surface area contributed by atoms with E-state index >= 15 is 0 Å². The molecule has 0 N–H and O–H groups in total. The Morgan fingerprint density at radius 3 is 2.06 bits per heavy atom. The Morgan fingerprint density at radius 1 is 1.06 bits per heavy atom. The van der Waals surface area contributed by atoms with Crippen molar-refractivity contribution in [2.75, 3.05) is 0 Å². The summed E-state index contributed by atoms with van der Waals surface area (Å²) < 4.78 is 5.60. The Labute approximate surface area is 104 Å². The number of ether oxygens (including phenoxy) is 1. The molecule has 0 aliphatic heterocycles. The molecule has 0 saturated carbocycles. The Bertz CT molecular complexity index is 303. The number of halogens is 1. The Morgan fingerprint density at radius 2 is 1.62 bits per heavy atom. The van der Waals surface area contributed by atoms with Gasteiger partial charge in [0.25, 0.3) is 0 Å². The standard InChI is InChI=1S/C14H21ClO/c1-10(2)16-14-7-5-13(6-8-14)11(3)9-12(4)15/h5-8,10-12H,9H2,1-4H3. The van der Waals surface area contributed by atoms with Gasteiger partial charge < -0.3 is 4.74 Å². The van der Waals surface area contributed by atoms with E-state index < -0.39 is 0 Å². The number of hydrogen-bond acceptors (Lipinski definition) is 1. The summed E-state index contributed by atoms with van der Waals surface area (Å²) in [5, 5.41) is 0.224. The molecule has 1 rings (SSSR count). The summed E-state index contributed by atoms with van der Waals surface area (Å²) in [5.74, 6) is 1.44. The number of alkyl halides is 1. The quantitative estimate of drug-likeness (QED) is 0.684. The summed E-state index contributed by atoms with van der Waals surface area (Å²) in [6, 6.07) is 8.32. The fourth-order valence-electron chi connectivity index (χ4n) is 1.77. The predicted octanol–water partition coefficient (Wildman–Crippen LogP) is 4.59. The lowest BCUT2D eigenvalue weighted by atomic mass is 9.96. The van der Waals surface area contributed by atoms with Crippen molar-refractivity contribution < 1.29 is 4.74 Å². The van der Waals surface area contributed by atoms with Gasteiger partial charge in [-0.3, -0.25) is 0 Å². The predicted molar refractivity (Wildman–Crippen MR) is 70.6 cm³/mol. The topological polar surface area (TPSA) is 9.23 Å². The lowest BCUT2D eigenvalue weighted by Crippen LogP contribution is -2.06. The molecule has 90 valence electrons. The van der Waals surface area contributed by atoms with Crippen LogP contribution in [-0.2, 0) is 0 Å². The molecular formula is C14H21ClO. The van der Waals surface area contributed by atoms with Crippen LogP contribution in [0.5, 0.6) is 5.75 Å². The van der Waals surface area contributed by atoms with E-state index in [9.17, 15) is 0 Å². The summed E-state index contributed by atoms with van der Waals surface area (Å²) in [4.78, 5) is 0. The van der Waals surface area contributed by atoms with Crippen LogP contribution in [0.4, 0.5) is 0 Å². The summed E-state index contributed by atoms with van der Waals surface area (Å²) in [6.45, 7) is 8.31. The van der Waals surface area contributed by atoms with Crippen LogP contribution < -0.4 is 4.74 Å². The molecule has 0 aliphatic rings. The molecule has 0 heterocycles. The van der Waals surface area contributed by atoms with Crippen LogP contribution in [0.15, 0.2) is 24.3 Å². The summed E-state index contributed by atoms with van der Waals surface area (Å²) in [7, 11) is 0. The fraction of sp³-hybridized carbons (Fsp3) is 0.571. The molecule has 0 amide bonds. The maximum atomic E-state index is 6.00. The van der Waals surface area contributed by atoms with E-state index in [1.54, 1.807) is 0 Å². The second-order valence-electron chi connectivity index (χ2n) is 4.65. The monoisotopic (exact) mass is 240 g/mol. The van der Waals surface area contributed by atoms with Gasteiger partial charge >= 0.3 is 0 Å². The van der Waals surface area contributed by atoms with Crippen molar-refractivity contribution in [2.45, 2.75) is 51.5 Å². The van der Waals surface area contributed by atoms with Crippen molar-refractivity contribution in [2.24, 2.45) is 0 Å². The lowest BCUT2D eigenvalue weighted by Gasteiger charge is -2.15. The van der Waals surface area contributed by atoms with Crippen LogP contribution in [-0.4, -0.2) is 11.5 Å². The first kappa shape index (κ1) is 13.4. The Hall–Kier alpha value is -0.690. The summed E-state index contributed by atoms with van der Waals surface area (Å²) >= 11 is 6.00. The van der Waals surface area contributed by atoms with E-state index in [2.05, 4.69) is 19.1 Å². The second-order valence-corrected chi connectivity index (χ2v) is 5.40. The molecule has 16 heavy (non-hydrogen) atoms. The zero-order valence-corrected chi connectivity index (χ0v) is 11.3. The third-order valence-electron chi connectivity index (χ3n) is 2.50. The molecular weight excluding hydrogens is 220 g/mol. The van der Waals surface area contributed by atoms with Crippen molar-refractivity contribution in [3.63, 3.8) is 0 Å². The number of hydrogen-bond donors (Lipinski definition) is 0. The first-order valence-electron chi connectivity index (χ1n) is 5.89. The molecule has 2 heteroatoms. The van der Waals surface area contributed by atoms with Gasteiger partial charge in [0, 0.05) is 5.38 Å². The second kappa shape index (κ2) is 6.15. The third-order valence-corrected chi connectivity index (χ3v) is 2.68. The maximum Gasteiger partial charge on any atom is 0.119 e. The van der Waals surface area contributed by atoms with Crippen molar-refractivity contribution >= 4 is 11.6 Å². The van der Waals surface area contributed by atoms with Crippen molar-refractivity contribution in [3.8, 4) is 5.75 Å². The first-order valence-corrected chi connectivity index (χ1v) is 6.33. The molecule has 2 unspecified atom stereocenters. The lowest BCUT2D eigenvalue weighted by molar-refractivity contribution is 0.242. The van der Waals surface area contributed by atoms with Gasteiger partial charge in [-0.2, -0.15) is 0 Å². The van der Waals surface area contributed by atoms with Crippen LogP contribution in [0.2, 0.25) is 0 Å². The molecule has 0 radical (unpaired) electrons. The van der Waals surface area contributed by atoms with Gasteiger partial charge in [-0.15, -0.1) is 11.6 Å². The van der Waals surface area contributed by atoms with Gasteiger partial charge in [-0.25, -0.2) is 0 Å². The average Bonchev–Trinajstić information content (AvgIpc) is 2.16. The zero-order chi connectivity index (χ0) is 12.1. The van der Waals surface area contributed by atoms with Crippen molar-refractivity contribution in [3.05, 3.63) is 29.8 Å². The van der Waals surface area contributed by atoms with Crippen molar-refractivity contribution in [1.82, 2.24) is 0 Å². The molecule has 1 aromatic carbocycles. The molecule has 1 nitrogen and oxygen atoms in total.